The molecule has 0 aliphatic carbocycles. The lowest BCUT2D eigenvalue weighted by atomic mass is 9.72. The first kappa shape index (κ1) is 31.0. The molecule has 2 saturated heterocycles. The lowest BCUT2D eigenvalue weighted by molar-refractivity contribution is -0.140. The molecular formula is C36H51N3O5. The second-order valence-electron chi connectivity index (χ2n) is 13.3. The van der Waals surface area contributed by atoms with Gasteiger partial charge in [-0.25, -0.2) is 0 Å². The molecule has 1 amide bonds. The van der Waals surface area contributed by atoms with Crippen LogP contribution >= 0.6 is 0 Å². The van der Waals surface area contributed by atoms with Crippen molar-refractivity contribution in [2.45, 2.75) is 64.0 Å². The van der Waals surface area contributed by atoms with E-state index in [2.05, 4.69) is 52.9 Å². The second-order valence-corrected chi connectivity index (χ2v) is 13.3. The minimum Gasteiger partial charge on any atom is -0.493 e. The van der Waals surface area contributed by atoms with Gasteiger partial charge >= 0.3 is 0 Å². The van der Waals surface area contributed by atoms with E-state index in [0.29, 0.717) is 23.8 Å². The normalized spacial score (nSPS) is 25.9. The molecule has 2 fully saturated rings. The standard InChI is InChI=1S/C36H51N3O5/c1-7-23-22-38-14-10-25-18-32(41-3)34(43-5)20-28(25)30(38)16-27(23)17-31-29-21-35(44-6)33(42-4)19-26(29)11-15-39(31)36(40)24-8-12-37(2)13-9-24/h18-21,23-24,27,30-31H,7-17,22H2,1-6H3/t23?,27?,30-,31+/m0/s1. The number of nitrogens with zero attached hydrogens (tertiary/aromatic N) is 3. The quantitative estimate of drug-likeness (QED) is 0.393. The van der Waals surface area contributed by atoms with Crippen LogP contribution in [-0.4, -0.2) is 88.8 Å². The molecule has 44 heavy (non-hydrogen) atoms. The molecule has 2 aromatic rings. The van der Waals surface area contributed by atoms with Crippen molar-refractivity contribution in [1.29, 1.82) is 0 Å². The van der Waals surface area contributed by atoms with E-state index >= 15 is 0 Å². The number of rotatable bonds is 8. The largest absolute Gasteiger partial charge is 0.493 e. The summed E-state index contributed by atoms with van der Waals surface area (Å²) in [5.74, 6) is 4.64. The molecule has 8 heteroatoms. The third-order valence-electron chi connectivity index (χ3n) is 11.2. The molecule has 240 valence electrons. The topological polar surface area (TPSA) is 63.7 Å². The molecule has 2 aromatic carbocycles. The number of hydrogen-bond acceptors (Lipinski definition) is 7. The van der Waals surface area contributed by atoms with Crippen LogP contribution in [0.3, 0.4) is 0 Å². The van der Waals surface area contributed by atoms with E-state index in [1.807, 2.05) is 0 Å². The van der Waals surface area contributed by atoms with Gasteiger partial charge in [0.2, 0.25) is 5.91 Å². The van der Waals surface area contributed by atoms with Crippen LogP contribution in [-0.2, 0) is 17.6 Å². The summed E-state index contributed by atoms with van der Waals surface area (Å²) in [6, 6.07) is 9.09. The molecule has 8 nitrogen and oxygen atoms in total. The monoisotopic (exact) mass is 605 g/mol. The van der Waals surface area contributed by atoms with Crippen molar-refractivity contribution >= 4 is 5.91 Å². The van der Waals surface area contributed by atoms with Crippen molar-refractivity contribution in [3.63, 3.8) is 0 Å². The number of hydrogen-bond donors (Lipinski definition) is 0. The number of fused-ring (bicyclic) bond motifs is 4. The lowest BCUT2D eigenvalue weighted by Gasteiger charge is -2.49. The summed E-state index contributed by atoms with van der Waals surface area (Å²) in [7, 11) is 9.00. The zero-order valence-electron chi connectivity index (χ0n) is 27.6. The predicted molar refractivity (Wildman–Crippen MR) is 172 cm³/mol. The molecule has 0 aromatic heterocycles. The van der Waals surface area contributed by atoms with Gasteiger partial charge in [-0.15, -0.1) is 0 Å². The molecule has 0 radical (unpaired) electrons. The van der Waals surface area contributed by atoms with Crippen molar-refractivity contribution in [2.75, 3.05) is 68.2 Å². The number of amides is 1. The number of benzene rings is 2. The van der Waals surface area contributed by atoms with Gasteiger partial charge in [0.05, 0.1) is 34.5 Å². The van der Waals surface area contributed by atoms with Gasteiger partial charge in [-0.05, 0) is 117 Å². The Labute approximate surface area is 263 Å². The van der Waals surface area contributed by atoms with Gasteiger partial charge in [-0.1, -0.05) is 13.3 Å². The summed E-state index contributed by atoms with van der Waals surface area (Å²) in [6.45, 7) is 7.24. The smallest absolute Gasteiger partial charge is 0.226 e. The summed E-state index contributed by atoms with van der Waals surface area (Å²) >= 11 is 0. The summed E-state index contributed by atoms with van der Waals surface area (Å²) in [5, 5.41) is 0. The summed E-state index contributed by atoms with van der Waals surface area (Å²) in [5.41, 5.74) is 5.27. The van der Waals surface area contributed by atoms with Gasteiger partial charge in [-0.2, -0.15) is 0 Å². The minimum absolute atomic E-state index is 0.0322. The average Bonchev–Trinajstić information content (AvgIpc) is 3.06. The molecular weight excluding hydrogens is 554 g/mol. The van der Waals surface area contributed by atoms with Crippen molar-refractivity contribution in [3.05, 3.63) is 46.5 Å². The Morgan fingerprint density at radius 3 is 1.95 bits per heavy atom. The third-order valence-corrected chi connectivity index (χ3v) is 11.2. The van der Waals surface area contributed by atoms with Gasteiger partial charge in [0, 0.05) is 31.6 Å². The highest BCUT2D eigenvalue weighted by Crippen LogP contribution is 2.49. The second kappa shape index (κ2) is 13.2. The maximum Gasteiger partial charge on any atom is 0.226 e. The minimum atomic E-state index is 0.0322. The third kappa shape index (κ3) is 5.76. The highest BCUT2D eigenvalue weighted by atomic mass is 16.5. The fourth-order valence-electron chi connectivity index (χ4n) is 8.58. The van der Waals surface area contributed by atoms with Crippen molar-refractivity contribution in [3.8, 4) is 23.0 Å². The van der Waals surface area contributed by atoms with E-state index in [4.69, 9.17) is 18.9 Å². The van der Waals surface area contributed by atoms with E-state index in [1.165, 1.54) is 22.3 Å². The molecule has 6 rings (SSSR count). The first-order valence-corrected chi connectivity index (χ1v) is 16.6. The Kier molecular flexibility index (Phi) is 9.29. The number of piperidine rings is 2. The van der Waals surface area contributed by atoms with Crippen molar-refractivity contribution in [1.82, 2.24) is 14.7 Å². The molecule has 4 heterocycles. The fourth-order valence-corrected chi connectivity index (χ4v) is 8.58. The van der Waals surface area contributed by atoms with Gasteiger partial charge in [-0.3, -0.25) is 9.69 Å². The number of carbonyl (C=O) groups excluding carboxylic acids is 1. The lowest BCUT2D eigenvalue weighted by Crippen LogP contribution is -2.49. The zero-order valence-corrected chi connectivity index (χ0v) is 27.6. The van der Waals surface area contributed by atoms with Gasteiger partial charge < -0.3 is 28.7 Å². The van der Waals surface area contributed by atoms with Crippen LogP contribution in [0.25, 0.3) is 0 Å². The molecule has 4 aliphatic heterocycles. The first-order valence-electron chi connectivity index (χ1n) is 16.6. The molecule has 4 aliphatic rings. The maximum absolute atomic E-state index is 14.3. The highest BCUT2D eigenvalue weighted by molar-refractivity contribution is 5.80. The Bertz CT molecular complexity index is 1340. The highest BCUT2D eigenvalue weighted by Gasteiger charge is 2.43. The van der Waals surface area contributed by atoms with Crippen LogP contribution in [0.15, 0.2) is 24.3 Å². The molecule has 0 saturated carbocycles. The van der Waals surface area contributed by atoms with E-state index < -0.39 is 0 Å². The van der Waals surface area contributed by atoms with E-state index in [1.54, 1.807) is 28.4 Å². The molecule has 0 bridgehead atoms. The van der Waals surface area contributed by atoms with Gasteiger partial charge in [0.25, 0.3) is 0 Å². The van der Waals surface area contributed by atoms with Crippen LogP contribution in [0.4, 0.5) is 0 Å². The Balaban J connectivity index is 1.34. The Hall–Kier alpha value is -2.97. The number of likely N-dealkylation sites (tertiary alicyclic amines) is 1. The number of ether oxygens (including phenoxy) is 4. The Morgan fingerprint density at radius 1 is 0.773 bits per heavy atom. The van der Waals surface area contributed by atoms with Crippen LogP contribution in [0.1, 0.15) is 73.4 Å². The van der Waals surface area contributed by atoms with Crippen LogP contribution in [0.5, 0.6) is 23.0 Å². The van der Waals surface area contributed by atoms with Gasteiger partial charge in [0.15, 0.2) is 23.0 Å². The average molecular weight is 606 g/mol. The summed E-state index contributed by atoms with van der Waals surface area (Å²) < 4.78 is 22.9. The van der Waals surface area contributed by atoms with E-state index in [9.17, 15) is 4.79 Å². The maximum atomic E-state index is 14.3. The summed E-state index contributed by atoms with van der Waals surface area (Å²) in [4.78, 5) is 21.6. The first-order chi connectivity index (χ1) is 21.4. The molecule has 4 atom stereocenters. The molecule has 2 unspecified atom stereocenters. The van der Waals surface area contributed by atoms with E-state index in [0.717, 1.165) is 101 Å². The van der Waals surface area contributed by atoms with Gasteiger partial charge in [0.1, 0.15) is 0 Å². The zero-order chi connectivity index (χ0) is 31.0. The Morgan fingerprint density at radius 2 is 1.34 bits per heavy atom. The summed E-state index contributed by atoms with van der Waals surface area (Å²) in [6.07, 6.45) is 6.94. The van der Waals surface area contributed by atoms with Crippen LogP contribution < -0.4 is 18.9 Å². The van der Waals surface area contributed by atoms with Crippen LogP contribution in [0, 0.1) is 17.8 Å². The number of methoxy groups -OCH3 is 4. The molecule has 0 spiro atoms. The van der Waals surface area contributed by atoms with E-state index in [-0.39, 0.29) is 12.0 Å². The fraction of sp³-hybridized carbons (Fsp3) is 0.639. The SMILES string of the molecule is CCC1CN2CCc3cc(OC)c(OC)cc3[C@@H]2CC1C[C@@H]1c2cc(OC)c(OC)cc2CCN1C(=O)C1CCN(C)CC1. The molecule has 0 N–H and O–H groups in total. The predicted octanol–water partition coefficient (Wildman–Crippen LogP) is 5.52. The number of carbonyl (C=O) groups is 1. The van der Waals surface area contributed by atoms with Crippen molar-refractivity contribution < 1.29 is 23.7 Å². The van der Waals surface area contributed by atoms with Crippen LogP contribution in [0.2, 0.25) is 0 Å². The van der Waals surface area contributed by atoms with Crippen molar-refractivity contribution in [2.24, 2.45) is 17.8 Å².